The first kappa shape index (κ1) is 15.5. The van der Waals surface area contributed by atoms with Crippen LogP contribution in [0.3, 0.4) is 0 Å². The van der Waals surface area contributed by atoms with E-state index in [1.165, 1.54) is 31.4 Å². The number of rotatable bonds is 7. The minimum absolute atomic E-state index is 0.606. The minimum Gasteiger partial charge on any atom is -0.383 e. The highest BCUT2D eigenvalue weighted by molar-refractivity contribution is 5.20. The Hall–Kier alpha value is -0.910. The summed E-state index contributed by atoms with van der Waals surface area (Å²) in [6.45, 7) is 8.89. The zero-order valence-electron chi connectivity index (χ0n) is 12.9. The van der Waals surface area contributed by atoms with Crippen LogP contribution in [0, 0.1) is 13.8 Å². The number of nitrogens with one attached hydrogen (secondary N) is 1. The molecule has 0 aromatic carbocycles. The van der Waals surface area contributed by atoms with Crippen LogP contribution in [0.25, 0.3) is 0 Å². The number of methoxy groups -OCH3 is 1. The van der Waals surface area contributed by atoms with Gasteiger partial charge >= 0.3 is 0 Å². The number of likely N-dealkylation sites (tertiary alicyclic amines) is 1. The van der Waals surface area contributed by atoms with Crippen molar-refractivity contribution in [3.05, 3.63) is 17.0 Å². The molecule has 1 aliphatic rings. The molecule has 114 valence electrons. The Labute approximate surface area is 121 Å². The van der Waals surface area contributed by atoms with Crippen molar-refractivity contribution in [1.29, 1.82) is 0 Å². The maximum absolute atomic E-state index is 5.28. The second-order valence-electron chi connectivity index (χ2n) is 5.62. The van der Waals surface area contributed by atoms with Crippen molar-refractivity contribution in [3.8, 4) is 0 Å². The molecule has 1 fully saturated rings. The first-order valence-electron chi connectivity index (χ1n) is 7.58. The zero-order chi connectivity index (χ0) is 14.4. The van der Waals surface area contributed by atoms with Gasteiger partial charge in [-0.15, -0.1) is 0 Å². The monoisotopic (exact) mass is 281 g/mol. The van der Waals surface area contributed by atoms with Gasteiger partial charge in [-0.25, -0.2) is 0 Å². The molecule has 1 saturated heterocycles. The average Bonchev–Trinajstić information content (AvgIpc) is 2.77. The third kappa shape index (κ3) is 4.04. The molecule has 1 aromatic rings. The van der Waals surface area contributed by atoms with Crippen molar-refractivity contribution in [2.24, 2.45) is 0 Å². The van der Waals surface area contributed by atoms with Crippen LogP contribution < -0.4 is 5.32 Å². The van der Waals surface area contributed by atoms with Gasteiger partial charge in [-0.1, -0.05) is 11.6 Å². The fourth-order valence-corrected chi connectivity index (χ4v) is 2.87. The number of hydrogen-bond donors (Lipinski definition) is 1. The van der Waals surface area contributed by atoms with Gasteiger partial charge in [0.25, 0.3) is 0 Å². The molecule has 1 aliphatic heterocycles. The lowest BCUT2D eigenvalue weighted by Gasteiger charge is -2.35. The number of aromatic nitrogens is 1. The molecule has 1 unspecified atom stereocenters. The summed E-state index contributed by atoms with van der Waals surface area (Å²) in [6, 6.07) is 0.606. The van der Waals surface area contributed by atoms with E-state index < -0.39 is 0 Å². The Morgan fingerprint density at radius 3 is 2.95 bits per heavy atom. The molecule has 0 radical (unpaired) electrons. The van der Waals surface area contributed by atoms with E-state index in [9.17, 15) is 0 Å². The third-order valence-electron chi connectivity index (χ3n) is 4.15. The normalized spacial score (nSPS) is 20.4. The predicted molar refractivity (Wildman–Crippen MR) is 78.8 cm³/mol. The number of ether oxygens (including phenoxy) is 1. The highest BCUT2D eigenvalue weighted by atomic mass is 16.5. The molecule has 0 amide bonds. The van der Waals surface area contributed by atoms with Gasteiger partial charge in [0.15, 0.2) is 0 Å². The molecule has 2 heterocycles. The van der Waals surface area contributed by atoms with E-state index in [0.717, 1.165) is 37.7 Å². The smallest absolute Gasteiger partial charge is 0.138 e. The van der Waals surface area contributed by atoms with Gasteiger partial charge in [0.2, 0.25) is 0 Å². The number of piperidine rings is 1. The van der Waals surface area contributed by atoms with Crippen molar-refractivity contribution in [2.45, 2.75) is 45.7 Å². The average molecular weight is 281 g/mol. The topological polar surface area (TPSA) is 50.5 Å². The van der Waals surface area contributed by atoms with Crippen LogP contribution in [-0.4, -0.2) is 49.4 Å². The van der Waals surface area contributed by atoms with Crippen LogP contribution in [-0.2, 0) is 11.3 Å². The molecule has 2 rings (SSSR count). The van der Waals surface area contributed by atoms with Gasteiger partial charge in [-0.05, 0) is 33.2 Å². The number of nitrogens with zero attached hydrogens (tertiary/aromatic N) is 2. The maximum atomic E-state index is 5.28. The maximum Gasteiger partial charge on any atom is 0.138 e. The van der Waals surface area contributed by atoms with Crippen LogP contribution in [0.2, 0.25) is 0 Å². The summed E-state index contributed by atoms with van der Waals surface area (Å²) in [7, 11) is 1.74. The molecule has 1 atom stereocenters. The van der Waals surface area contributed by atoms with Crippen LogP contribution in [0.5, 0.6) is 0 Å². The van der Waals surface area contributed by atoms with Crippen LogP contribution in [0.1, 0.15) is 36.3 Å². The summed E-state index contributed by atoms with van der Waals surface area (Å²) in [5, 5.41) is 7.55. The lowest BCUT2D eigenvalue weighted by molar-refractivity contribution is 0.132. The Morgan fingerprint density at radius 1 is 1.40 bits per heavy atom. The van der Waals surface area contributed by atoms with Gasteiger partial charge in [-0.3, -0.25) is 4.90 Å². The predicted octanol–water partition coefficient (Wildman–Crippen LogP) is 1.88. The highest BCUT2D eigenvalue weighted by Gasteiger charge is 2.24. The second-order valence-corrected chi connectivity index (χ2v) is 5.62. The van der Waals surface area contributed by atoms with Gasteiger partial charge in [0.1, 0.15) is 5.76 Å². The van der Waals surface area contributed by atoms with E-state index in [1.54, 1.807) is 7.11 Å². The first-order valence-corrected chi connectivity index (χ1v) is 7.58. The lowest BCUT2D eigenvalue weighted by atomic mass is 10.0. The van der Waals surface area contributed by atoms with E-state index in [-0.39, 0.29) is 0 Å². The van der Waals surface area contributed by atoms with Gasteiger partial charge < -0.3 is 14.6 Å². The molecule has 1 N–H and O–H groups in total. The Kier molecular flexibility index (Phi) is 6.01. The standard InChI is InChI=1S/C15H27N3O2/c1-12-15(13(2)20-17-12)11-18-8-5-4-6-14(18)10-16-7-9-19-3/h14,16H,4-11H2,1-3H3. The molecule has 0 aliphatic carbocycles. The number of hydrogen-bond acceptors (Lipinski definition) is 5. The van der Waals surface area contributed by atoms with Gasteiger partial charge in [0, 0.05) is 38.3 Å². The quantitative estimate of drug-likeness (QED) is 0.773. The summed E-state index contributed by atoms with van der Waals surface area (Å²) in [4.78, 5) is 2.57. The first-order chi connectivity index (χ1) is 9.72. The third-order valence-corrected chi connectivity index (χ3v) is 4.15. The molecular formula is C15H27N3O2. The molecule has 0 spiro atoms. The fourth-order valence-electron chi connectivity index (χ4n) is 2.87. The minimum atomic E-state index is 0.606. The van der Waals surface area contributed by atoms with Crippen molar-refractivity contribution < 1.29 is 9.26 Å². The van der Waals surface area contributed by atoms with E-state index in [2.05, 4.69) is 15.4 Å². The van der Waals surface area contributed by atoms with Crippen LogP contribution in [0.4, 0.5) is 0 Å². The second kappa shape index (κ2) is 7.76. The van der Waals surface area contributed by atoms with Crippen molar-refractivity contribution in [2.75, 3.05) is 33.4 Å². The Morgan fingerprint density at radius 2 is 2.25 bits per heavy atom. The van der Waals surface area contributed by atoms with Crippen molar-refractivity contribution in [1.82, 2.24) is 15.4 Å². The van der Waals surface area contributed by atoms with Crippen LogP contribution >= 0.6 is 0 Å². The molecule has 0 bridgehead atoms. The lowest BCUT2D eigenvalue weighted by Crippen LogP contribution is -2.45. The molecule has 5 nitrogen and oxygen atoms in total. The summed E-state index contributed by atoms with van der Waals surface area (Å²) in [6.07, 6.45) is 3.88. The molecule has 5 heteroatoms. The Bertz CT molecular complexity index is 386. The highest BCUT2D eigenvalue weighted by Crippen LogP contribution is 2.22. The SMILES string of the molecule is COCCNCC1CCCCN1Cc1c(C)noc1C. The number of aryl methyl sites for hydroxylation is 2. The summed E-state index contributed by atoms with van der Waals surface area (Å²) in [5.41, 5.74) is 2.29. The summed E-state index contributed by atoms with van der Waals surface area (Å²) >= 11 is 0. The van der Waals surface area contributed by atoms with Gasteiger partial charge in [-0.2, -0.15) is 0 Å². The largest absolute Gasteiger partial charge is 0.383 e. The van der Waals surface area contributed by atoms with E-state index in [0.29, 0.717) is 6.04 Å². The fraction of sp³-hybridized carbons (Fsp3) is 0.800. The molecule has 1 aromatic heterocycles. The van der Waals surface area contributed by atoms with Crippen LogP contribution in [0.15, 0.2) is 4.52 Å². The zero-order valence-corrected chi connectivity index (χ0v) is 12.9. The summed E-state index contributed by atoms with van der Waals surface area (Å²) < 4.78 is 10.4. The van der Waals surface area contributed by atoms with Crippen molar-refractivity contribution in [3.63, 3.8) is 0 Å². The molecule has 0 saturated carbocycles. The Balaban J connectivity index is 1.89. The molecule has 20 heavy (non-hydrogen) atoms. The van der Waals surface area contributed by atoms with Crippen molar-refractivity contribution >= 4 is 0 Å². The molecular weight excluding hydrogens is 254 g/mol. The van der Waals surface area contributed by atoms with E-state index >= 15 is 0 Å². The van der Waals surface area contributed by atoms with Gasteiger partial charge in [0.05, 0.1) is 12.3 Å². The van der Waals surface area contributed by atoms with E-state index in [1.807, 2.05) is 13.8 Å². The summed E-state index contributed by atoms with van der Waals surface area (Å²) in [5.74, 6) is 0.958. The van der Waals surface area contributed by atoms with E-state index in [4.69, 9.17) is 9.26 Å².